The summed E-state index contributed by atoms with van der Waals surface area (Å²) in [5, 5.41) is 11.5. The third kappa shape index (κ3) is 2.68. The predicted octanol–water partition coefficient (Wildman–Crippen LogP) is 3.28. The molecule has 0 amide bonds. The standard InChI is InChI=1S/C17H19NO2/c19-17(20)11-15-8-4-10-18(15)12-14-7-3-6-13-5-1-2-9-16(13)14/h1-3,5-7,9,15H,4,8,10-12H2,(H,19,20). The maximum atomic E-state index is 10.9. The van der Waals surface area contributed by atoms with Crippen LogP contribution in [0.5, 0.6) is 0 Å². The fourth-order valence-corrected chi connectivity index (χ4v) is 3.19. The fourth-order valence-electron chi connectivity index (χ4n) is 3.19. The summed E-state index contributed by atoms with van der Waals surface area (Å²) in [6.45, 7) is 1.85. The summed E-state index contributed by atoms with van der Waals surface area (Å²) in [5.74, 6) is -0.695. The second kappa shape index (κ2) is 5.63. The van der Waals surface area contributed by atoms with Crippen LogP contribution in [0.4, 0.5) is 0 Å². The number of hydrogen-bond donors (Lipinski definition) is 1. The second-order valence-corrected chi connectivity index (χ2v) is 5.50. The van der Waals surface area contributed by atoms with Crippen molar-refractivity contribution < 1.29 is 9.90 Å². The van der Waals surface area contributed by atoms with Crippen LogP contribution in [0, 0.1) is 0 Å². The van der Waals surface area contributed by atoms with E-state index >= 15 is 0 Å². The highest BCUT2D eigenvalue weighted by atomic mass is 16.4. The van der Waals surface area contributed by atoms with Crippen molar-refractivity contribution in [2.24, 2.45) is 0 Å². The van der Waals surface area contributed by atoms with Crippen LogP contribution in [0.3, 0.4) is 0 Å². The Bertz CT molecular complexity index is 618. The number of carboxylic acids is 1. The first-order valence-electron chi connectivity index (χ1n) is 7.16. The molecule has 0 radical (unpaired) electrons. The lowest BCUT2D eigenvalue weighted by Gasteiger charge is -2.23. The van der Waals surface area contributed by atoms with Gasteiger partial charge in [-0.1, -0.05) is 42.5 Å². The van der Waals surface area contributed by atoms with Gasteiger partial charge in [0, 0.05) is 12.6 Å². The molecule has 3 heteroatoms. The van der Waals surface area contributed by atoms with Gasteiger partial charge in [-0.25, -0.2) is 0 Å². The van der Waals surface area contributed by atoms with Crippen molar-refractivity contribution in [1.82, 2.24) is 4.90 Å². The van der Waals surface area contributed by atoms with E-state index in [-0.39, 0.29) is 12.5 Å². The van der Waals surface area contributed by atoms with Crippen LogP contribution in [-0.4, -0.2) is 28.6 Å². The largest absolute Gasteiger partial charge is 0.481 e. The first kappa shape index (κ1) is 13.1. The van der Waals surface area contributed by atoms with E-state index in [4.69, 9.17) is 5.11 Å². The van der Waals surface area contributed by atoms with Gasteiger partial charge in [-0.3, -0.25) is 9.69 Å². The number of likely N-dealkylation sites (tertiary alicyclic amines) is 1. The van der Waals surface area contributed by atoms with Crippen molar-refractivity contribution in [3.8, 4) is 0 Å². The van der Waals surface area contributed by atoms with Gasteiger partial charge in [-0.15, -0.1) is 0 Å². The van der Waals surface area contributed by atoms with E-state index in [1.807, 2.05) is 0 Å². The molecule has 1 heterocycles. The van der Waals surface area contributed by atoms with Crippen molar-refractivity contribution in [1.29, 1.82) is 0 Å². The van der Waals surface area contributed by atoms with Gasteiger partial charge in [-0.05, 0) is 35.7 Å². The topological polar surface area (TPSA) is 40.5 Å². The maximum Gasteiger partial charge on any atom is 0.304 e. The van der Waals surface area contributed by atoms with E-state index in [0.717, 1.165) is 25.9 Å². The van der Waals surface area contributed by atoms with Gasteiger partial charge in [0.05, 0.1) is 6.42 Å². The quantitative estimate of drug-likeness (QED) is 0.926. The summed E-state index contributed by atoms with van der Waals surface area (Å²) in [4.78, 5) is 13.3. The van der Waals surface area contributed by atoms with Gasteiger partial charge in [-0.2, -0.15) is 0 Å². The Kier molecular flexibility index (Phi) is 3.70. The molecule has 1 N–H and O–H groups in total. The Balaban J connectivity index is 1.84. The number of nitrogens with zero attached hydrogens (tertiary/aromatic N) is 1. The fraction of sp³-hybridized carbons (Fsp3) is 0.353. The van der Waals surface area contributed by atoms with Crippen LogP contribution in [0.1, 0.15) is 24.8 Å². The molecule has 0 saturated carbocycles. The highest BCUT2D eigenvalue weighted by Gasteiger charge is 2.26. The molecule has 1 aliphatic rings. The third-order valence-electron chi connectivity index (χ3n) is 4.16. The summed E-state index contributed by atoms with van der Waals surface area (Å²) < 4.78 is 0. The van der Waals surface area contributed by atoms with Crippen molar-refractivity contribution in [3.05, 3.63) is 48.0 Å². The number of aliphatic carboxylic acids is 1. The maximum absolute atomic E-state index is 10.9. The van der Waals surface area contributed by atoms with Gasteiger partial charge in [0.25, 0.3) is 0 Å². The van der Waals surface area contributed by atoms with Gasteiger partial charge in [0.15, 0.2) is 0 Å². The lowest BCUT2D eigenvalue weighted by Crippen LogP contribution is -2.30. The summed E-state index contributed by atoms with van der Waals surface area (Å²) in [7, 11) is 0. The van der Waals surface area contributed by atoms with Crippen LogP contribution in [0.25, 0.3) is 10.8 Å². The molecule has 2 aromatic rings. The van der Waals surface area contributed by atoms with Crippen molar-refractivity contribution >= 4 is 16.7 Å². The molecule has 1 aliphatic heterocycles. The van der Waals surface area contributed by atoms with Gasteiger partial charge < -0.3 is 5.11 Å². The van der Waals surface area contributed by atoms with E-state index in [1.54, 1.807) is 0 Å². The van der Waals surface area contributed by atoms with Crippen LogP contribution in [0.15, 0.2) is 42.5 Å². The number of fused-ring (bicyclic) bond motifs is 1. The average Bonchev–Trinajstić information content (AvgIpc) is 2.86. The Morgan fingerprint density at radius 3 is 2.85 bits per heavy atom. The van der Waals surface area contributed by atoms with Crippen molar-refractivity contribution in [2.45, 2.75) is 31.8 Å². The lowest BCUT2D eigenvalue weighted by molar-refractivity contribution is -0.138. The van der Waals surface area contributed by atoms with Crippen LogP contribution in [-0.2, 0) is 11.3 Å². The molecule has 2 aromatic carbocycles. The van der Waals surface area contributed by atoms with Gasteiger partial charge >= 0.3 is 5.97 Å². The molecule has 3 nitrogen and oxygen atoms in total. The predicted molar refractivity (Wildman–Crippen MR) is 79.6 cm³/mol. The lowest BCUT2D eigenvalue weighted by atomic mass is 10.0. The minimum Gasteiger partial charge on any atom is -0.481 e. The smallest absolute Gasteiger partial charge is 0.304 e. The first-order chi connectivity index (χ1) is 9.74. The van der Waals surface area contributed by atoms with Gasteiger partial charge in [0.1, 0.15) is 0 Å². The molecular weight excluding hydrogens is 250 g/mol. The Hall–Kier alpha value is -1.87. The monoisotopic (exact) mass is 269 g/mol. The van der Waals surface area contributed by atoms with E-state index in [1.165, 1.54) is 16.3 Å². The van der Waals surface area contributed by atoms with E-state index in [9.17, 15) is 4.79 Å². The molecule has 0 spiro atoms. The molecule has 1 fully saturated rings. The highest BCUT2D eigenvalue weighted by molar-refractivity contribution is 5.85. The molecule has 20 heavy (non-hydrogen) atoms. The number of benzene rings is 2. The zero-order valence-corrected chi connectivity index (χ0v) is 11.5. The van der Waals surface area contributed by atoms with E-state index < -0.39 is 5.97 Å². The summed E-state index contributed by atoms with van der Waals surface area (Å²) in [6, 6.07) is 14.9. The SMILES string of the molecule is O=C(O)CC1CCCN1Cc1cccc2ccccc12. The van der Waals surface area contributed by atoms with Crippen molar-refractivity contribution in [3.63, 3.8) is 0 Å². The summed E-state index contributed by atoms with van der Waals surface area (Å²) in [5.41, 5.74) is 1.29. The van der Waals surface area contributed by atoms with Crippen LogP contribution < -0.4 is 0 Å². The molecule has 3 rings (SSSR count). The van der Waals surface area contributed by atoms with Crippen LogP contribution in [0.2, 0.25) is 0 Å². The van der Waals surface area contributed by atoms with E-state index in [0.29, 0.717) is 0 Å². The molecule has 1 atom stereocenters. The second-order valence-electron chi connectivity index (χ2n) is 5.50. The Morgan fingerprint density at radius 2 is 2.00 bits per heavy atom. The Labute approximate surface area is 118 Å². The zero-order valence-electron chi connectivity index (χ0n) is 11.5. The number of carboxylic acid groups (broad SMARTS) is 1. The highest BCUT2D eigenvalue weighted by Crippen LogP contribution is 2.26. The first-order valence-corrected chi connectivity index (χ1v) is 7.16. The molecule has 0 aliphatic carbocycles. The molecule has 0 aromatic heterocycles. The van der Waals surface area contributed by atoms with Crippen molar-refractivity contribution in [2.75, 3.05) is 6.54 Å². The van der Waals surface area contributed by atoms with Gasteiger partial charge in [0.2, 0.25) is 0 Å². The molecular formula is C17H19NO2. The third-order valence-corrected chi connectivity index (χ3v) is 4.16. The van der Waals surface area contributed by atoms with E-state index in [2.05, 4.69) is 47.4 Å². The Morgan fingerprint density at radius 1 is 1.20 bits per heavy atom. The summed E-state index contributed by atoms with van der Waals surface area (Å²) in [6.07, 6.45) is 2.35. The minimum absolute atomic E-state index is 0.187. The molecule has 104 valence electrons. The molecule has 0 bridgehead atoms. The normalized spacial score (nSPS) is 19.5. The average molecular weight is 269 g/mol. The molecule has 1 saturated heterocycles. The number of hydrogen-bond acceptors (Lipinski definition) is 2. The zero-order chi connectivity index (χ0) is 13.9. The molecule has 1 unspecified atom stereocenters. The number of carbonyl (C=O) groups is 1. The van der Waals surface area contributed by atoms with Crippen LogP contribution >= 0.6 is 0 Å². The number of rotatable bonds is 4. The minimum atomic E-state index is -0.695. The summed E-state index contributed by atoms with van der Waals surface area (Å²) >= 11 is 0.